The van der Waals surface area contributed by atoms with Crippen LogP contribution >= 0.6 is 0 Å². The van der Waals surface area contributed by atoms with Crippen molar-refractivity contribution in [2.45, 2.75) is 33.1 Å². The van der Waals surface area contributed by atoms with E-state index < -0.39 is 0 Å². The second-order valence-corrected chi connectivity index (χ2v) is 5.31. The topological polar surface area (TPSA) is 66.9 Å². The molecule has 1 amide bonds. The summed E-state index contributed by atoms with van der Waals surface area (Å²) in [5.41, 5.74) is 1.51. The summed E-state index contributed by atoms with van der Waals surface area (Å²) in [5, 5.41) is 5.83. The minimum absolute atomic E-state index is 0.278. The maximum atomic E-state index is 12.9. The first-order valence-electron chi connectivity index (χ1n) is 7.75. The fourth-order valence-electron chi connectivity index (χ4n) is 2.07. The highest BCUT2D eigenvalue weighted by Crippen LogP contribution is 2.11. The number of halogens is 1. The monoisotopic (exact) mass is 316 g/mol. The van der Waals surface area contributed by atoms with Crippen LogP contribution in [0.2, 0.25) is 0 Å². The van der Waals surface area contributed by atoms with Crippen molar-refractivity contribution in [3.63, 3.8) is 0 Å². The van der Waals surface area contributed by atoms with Crippen molar-refractivity contribution in [2.24, 2.45) is 0 Å². The summed E-state index contributed by atoms with van der Waals surface area (Å²) in [6.45, 7) is 4.73. The third kappa shape index (κ3) is 5.32. The van der Waals surface area contributed by atoms with Gasteiger partial charge in [-0.1, -0.05) is 19.8 Å². The van der Waals surface area contributed by atoms with Crippen LogP contribution in [0.4, 0.5) is 16.0 Å². The molecule has 0 unspecified atom stereocenters. The minimum atomic E-state index is -0.348. The Labute approximate surface area is 135 Å². The largest absolute Gasteiger partial charge is 0.354 e. The van der Waals surface area contributed by atoms with E-state index in [4.69, 9.17) is 0 Å². The van der Waals surface area contributed by atoms with Gasteiger partial charge in [0.2, 0.25) is 5.95 Å². The third-order valence-electron chi connectivity index (χ3n) is 3.25. The fraction of sp³-hybridized carbons (Fsp3) is 0.353. The van der Waals surface area contributed by atoms with E-state index in [0.29, 0.717) is 17.3 Å². The van der Waals surface area contributed by atoms with E-state index in [1.54, 1.807) is 6.07 Å². The Hall–Kier alpha value is -2.50. The van der Waals surface area contributed by atoms with E-state index in [0.717, 1.165) is 25.8 Å². The van der Waals surface area contributed by atoms with Crippen LogP contribution in [0.15, 0.2) is 30.3 Å². The van der Waals surface area contributed by atoms with Crippen LogP contribution < -0.4 is 10.6 Å². The van der Waals surface area contributed by atoms with Crippen LogP contribution in [0.3, 0.4) is 0 Å². The van der Waals surface area contributed by atoms with E-state index in [2.05, 4.69) is 27.5 Å². The Morgan fingerprint density at radius 2 is 1.91 bits per heavy atom. The second kappa shape index (κ2) is 8.22. The molecule has 6 heteroatoms. The van der Waals surface area contributed by atoms with Crippen molar-refractivity contribution >= 4 is 17.5 Å². The maximum absolute atomic E-state index is 12.9. The molecule has 23 heavy (non-hydrogen) atoms. The van der Waals surface area contributed by atoms with Crippen molar-refractivity contribution in [1.29, 1.82) is 0 Å². The molecule has 0 radical (unpaired) electrons. The second-order valence-electron chi connectivity index (χ2n) is 5.31. The zero-order chi connectivity index (χ0) is 16.7. The van der Waals surface area contributed by atoms with E-state index in [1.165, 1.54) is 24.3 Å². The predicted molar refractivity (Wildman–Crippen MR) is 89.1 cm³/mol. The summed E-state index contributed by atoms with van der Waals surface area (Å²) in [5.74, 6) is -0.247. The Bertz CT molecular complexity index is 658. The molecule has 0 saturated heterocycles. The number of nitrogens with zero attached hydrogens (tertiary/aromatic N) is 2. The van der Waals surface area contributed by atoms with Crippen LogP contribution in [-0.4, -0.2) is 22.4 Å². The van der Waals surface area contributed by atoms with Crippen molar-refractivity contribution in [1.82, 2.24) is 9.97 Å². The lowest BCUT2D eigenvalue weighted by Gasteiger charge is -2.09. The molecule has 2 aromatic rings. The van der Waals surface area contributed by atoms with E-state index in [1.807, 2.05) is 6.92 Å². The van der Waals surface area contributed by atoms with E-state index >= 15 is 0 Å². The highest BCUT2D eigenvalue weighted by Gasteiger charge is 2.11. The van der Waals surface area contributed by atoms with Crippen LogP contribution in [0.1, 0.15) is 42.4 Å². The summed E-state index contributed by atoms with van der Waals surface area (Å²) in [7, 11) is 0. The summed E-state index contributed by atoms with van der Waals surface area (Å²) in [6.07, 6.45) is 3.31. The number of nitrogens with one attached hydrogen (secondary N) is 2. The number of rotatable bonds is 7. The molecule has 0 spiro atoms. The first kappa shape index (κ1) is 16.9. The first-order valence-corrected chi connectivity index (χ1v) is 7.75. The number of amides is 1. The number of unbranched alkanes of at least 4 members (excludes halogenated alkanes) is 2. The van der Waals surface area contributed by atoms with Gasteiger partial charge in [0.05, 0.1) is 0 Å². The Morgan fingerprint density at radius 1 is 1.17 bits per heavy atom. The van der Waals surface area contributed by atoms with Gasteiger partial charge in [0.1, 0.15) is 11.5 Å². The number of anilines is 2. The number of aryl methyl sites for hydroxylation is 1. The molecule has 0 saturated carbocycles. The predicted octanol–water partition coefficient (Wildman–Crippen LogP) is 3.78. The number of aromatic nitrogens is 2. The van der Waals surface area contributed by atoms with Gasteiger partial charge in [0.25, 0.3) is 5.91 Å². The lowest BCUT2D eigenvalue weighted by atomic mass is 10.2. The molecule has 0 bridgehead atoms. The first-order chi connectivity index (χ1) is 11.1. The van der Waals surface area contributed by atoms with Crippen LogP contribution in [-0.2, 0) is 0 Å². The molecular weight excluding hydrogens is 295 g/mol. The average Bonchev–Trinajstić information content (AvgIpc) is 2.53. The lowest BCUT2D eigenvalue weighted by Crippen LogP contribution is -2.16. The molecule has 122 valence electrons. The third-order valence-corrected chi connectivity index (χ3v) is 3.25. The van der Waals surface area contributed by atoms with Crippen LogP contribution in [0.5, 0.6) is 0 Å². The quantitative estimate of drug-likeness (QED) is 0.763. The number of hydrogen-bond donors (Lipinski definition) is 2. The number of benzene rings is 1. The van der Waals surface area contributed by atoms with Gasteiger partial charge in [0, 0.05) is 17.9 Å². The van der Waals surface area contributed by atoms with Crippen molar-refractivity contribution < 1.29 is 9.18 Å². The minimum Gasteiger partial charge on any atom is -0.354 e. The molecule has 1 heterocycles. The van der Waals surface area contributed by atoms with Gasteiger partial charge >= 0.3 is 0 Å². The van der Waals surface area contributed by atoms with Gasteiger partial charge in [-0.05, 0) is 43.7 Å². The fourth-order valence-corrected chi connectivity index (χ4v) is 2.07. The summed E-state index contributed by atoms with van der Waals surface area (Å²) >= 11 is 0. The highest BCUT2D eigenvalue weighted by molar-refractivity contribution is 6.03. The van der Waals surface area contributed by atoms with Gasteiger partial charge in [-0.3, -0.25) is 4.79 Å². The highest BCUT2D eigenvalue weighted by atomic mass is 19.1. The smallest absolute Gasteiger partial charge is 0.274 e. The van der Waals surface area contributed by atoms with Gasteiger partial charge in [-0.25, -0.2) is 14.4 Å². The molecule has 2 N–H and O–H groups in total. The lowest BCUT2D eigenvalue weighted by molar-refractivity contribution is 0.102. The van der Waals surface area contributed by atoms with Gasteiger partial charge in [-0.15, -0.1) is 0 Å². The standard InChI is InChI=1S/C17H21FN4O/c1-3-4-5-10-19-17-20-12(2)11-15(22-17)16(23)21-14-8-6-13(18)7-9-14/h6-9,11H,3-5,10H2,1-2H3,(H,21,23)(H,19,20,22). The van der Waals surface area contributed by atoms with Crippen molar-refractivity contribution in [3.05, 3.63) is 47.5 Å². The van der Waals surface area contributed by atoms with Crippen LogP contribution in [0.25, 0.3) is 0 Å². The van der Waals surface area contributed by atoms with Gasteiger partial charge < -0.3 is 10.6 Å². The number of carbonyl (C=O) groups is 1. The van der Waals surface area contributed by atoms with E-state index in [-0.39, 0.29) is 17.4 Å². The average molecular weight is 316 g/mol. The van der Waals surface area contributed by atoms with Gasteiger partial charge in [-0.2, -0.15) is 0 Å². The SMILES string of the molecule is CCCCCNc1nc(C)cc(C(=O)Nc2ccc(F)cc2)n1. The van der Waals surface area contributed by atoms with Gasteiger partial charge in [0.15, 0.2) is 0 Å². The molecule has 2 rings (SSSR count). The number of hydrogen-bond acceptors (Lipinski definition) is 4. The maximum Gasteiger partial charge on any atom is 0.274 e. The molecule has 0 fully saturated rings. The Morgan fingerprint density at radius 3 is 2.61 bits per heavy atom. The molecule has 0 aliphatic carbocycles. The van der Waals surface area contributed by atoms with Crippen molar-refractivity contribution in [3.8, 4) is 0 Å². The molecule has 0 aliphatic heterocycles. The Kier molecular flexibility index (Phi) is 6.02. The van der Waals surface area contributed by atoms with Crippen LogP contribution in [0, 0.1) is 12.7 Å². The molecule has 0 aliphatic rings. The molecule has 1 aromatic carbocycles. The summed E-state index contributed by atoms with van der Waals surface area (Å²) in [6, 6.07) is 7.22. The molecule has 0 atom stereocenters. The summed E-state index contributed by atoms with van der Waals surface area (Å²) < 4.78 is 12.9. The summed E-state index contributed by atoms with van der Waals surface area (Å²) in [4.78, 5) is 20.8. The number of carbonyl (C=O) groups excluding carboxylic acids is 1. The van der Waals surface area contributed by atoms with E-state index in [9.17, 15) is 9.18 Å². The van der Waals surface area contributed by atoms with Crippen molar-refractivity contribution in [2.75, 3.05) is 17.2 Å². The normalized spacial score (nSPS) is 10.4. The Balaban J connectivity index is 2.04. The molecule has 5 nitrogen and oxygen atoms in total. The zero-order valence-electron chi connectivity index (χ0n) is 13.4. The molecule has 1 aromatic heterocycles. The zero-order valence-corrected chi connectivity index (χ0v) is 13.4. The molecular formula is C17H21FN4O.